The number of thiazole rings is 1. The molecular formula is C9H11N5O2S. The molecule has 0 aromatic carbocycles. The maximum Gasteiger partial charge on any atom is 0.333 e. The van der Waals surface area contributed by atoms with Crippen molar-refractivity contribution in [3.63, 3.8) is 0 Å². The monoisotopic (exact) mass is 253 g/mol. The van der Waals surface area contributed by atoms with Gasteiger partial charge in [-0.1, -0.05) is 0 Å². The smallest absolute Gasteiger partial charge is 0.333 e. The summed E-state index contributed by atoms with van der Waals surface area (Å²) in [5.41, 5.74) is 7.66. The van der Waals surface area contributed by atoms with Crippen LogP contribution in [0, 0.1) is 17.0 Å². The van der Waals surface area contributed by atoms with E-state index in [1.54, 1.807) is 18.6 Å². The van der Waals surface area contributed by atoms with Crippen molar-refractivity contribution < 1.29 is 4.92 Å². The zero-order valence-electron chi connectivity index (χ0n) is 9.32. The average molecular weight is 253 g/mol. The van der Waals surface area contributed by atoms with Gasteiger partial charge in [0.05, 0.1) is 16.5 Å². The highest BCUT2D eigenvalue weighted by Crippen LogP contribution is 2.31. The number of rotatable bonds is 3. The molecule has 2 N–H and O–H groups in total. The Bertz CT molecular complexity index is 548. The van der Waals surface area contributed by atoms with Crippen LogP contribution in [0.1, 0.15) is 23.5 Å². The van der Waals surface area contributed by atoms with Crippen LogP contribution >= 0.6 is 11.3 Å². The Morgan fingerprint density at radius 2 is 2.35 bits per heavy atom. The van der Waals surface area contributed by atoms with Gasteiger partial charge in [-0.15, -0.1) is 11.3 Å². The molecule has 7 nitrogen and oxygen atoms in total. The number of nitrogens with zero attached hydrogens (tertiary/aromatic N) is 4. The largest absolute Gasteiger partial charge is 0.378 e. The van der Waals surface area contributed by atoms with Crippen LogP contribution in [0.4, 0.5) is 11.5 Å². The maximum absolute atomic E-state index is 10.8. The zero-order chi connectivity index (χ0) is 12.6. The molecule has 90 valence electrons. The average Bonchev–Trinajstić information content (AvgIpc) is 2.85. The van der Waals surface area contributed by atoms with Crippen LogP contribution in [0.3, 0.4) is 0 Å². The summed E-state index contributed by atoms with van der Waals surface area (Å²) >= 11 is 1.46. The minimum absolute atomic E-state index is 0.0772. The Hall–Kier alpha value is -1.96. The van der Waals surface area contributed by atoms with Crippen LogP contribution in [0.25, 0.3) is 0 Å². The number of hydrogen-bond donors (Lipinski definition) is 1. The predicted molar refractivity (Wildman–Crippen MR) is 64.0 cm³/mol. The number of nitrogen functional groups attached to an aromatic ring is 1. The van der Waals surface area contributed by atoms with Crippen LogP contribution in [-0.4, -0.2) is 19.7 Å². The van der Waals surface area contributed by atoms with Crippen molar-refractivity contribution in [2.75, 3.05) is 5.73 Å². The lowest BCUT2D eigenvalue weighted by Crippen LogP contribution is -2.10. The van der Waals surface area contributed by atoms with E-state index in [2.05, 4.69) is 10.1 Å². The van der Waals surface area contributed by atoms with Crippen molar-refractivity contribution in [3.05, 3.63) is 32.4 Å². The topological polar surface area (TPSA) is 99.9 Å². The first-order valence-electron chi connectivity index (χ1n) is 4.89. The van der Waals surface area contributed by atoms with Crippen LogP contribution in [0.5, 0.6) is 0 Å². The number of aryl methyl sites for hydroxylation is 1. The molecule has 0 amide bonds. The van der Waals surface area contributed by atoms with E-state index >= 15 is 0 Å². The molecule has 1 unspecified atom stereocenters. The van der Waals surface area contributed by atoms with E-state index in [1.165, 1.54) is 16.0 Å². The van der Waals surface area contributed by atoms with E-state index in [0.717, 1.165) is 4.88 Å². The van der Waals surface area contributed by atoms with Gasteiger partial charge in [0.1, 0.15) is 5.69 Å². The van der Waals surface area contributed by atoms with Crippen molar-refractivity contribution in [2.45, 2.75) is 19.9 Å². The lowest BCUT2D eigenvalue weighted by Gasteiger charge is -2.10. The molecule has 0 radical (unpaired) electrons. The molecule has 1 atom stereocenters. The number of aromatic nitrogens is 3. The third-order valence-electron chi connectivity index (χ3n) is 2.50. The molecule has 0 bridgehead atoms. The second kappa shape index (κ2) is 4.13. The van der Waals surface area contributed by atoms with Crippen molar-refractivity contribution in [1.82, 2.24) is 14.8 Å². The van der Waals surface area contributed by atoms with Crippen LogP contribution < -0.4 is 5.73 Å². The summed E-state index contributed by atoms with van der Waals surface area (Å²) in [4.78, 5) is 15.2. The summed E-state index contributed by atoms with van der Waals surface area (Å²) < 4.78 is 1.46. The van der Waals surface area contributed by atoms with Gasteiger partial charge in [0.25, 0.3) is 0 Å². The van der Waals surface area contributed by atoms with E-state index in [1.807, 2.05) is 6.92 Å². The van der Waals surface area contributed by atoms with E-state index in [9.17, 15) is 10.1 Å². The van der Waals surface area contributed by atoms with Crippen molar-refractivity contribution >= 4 is 22.8 Å². The highest BCUT2D eigenvalue weighted by molar-refractivity contribution is 7.09. The highest BCUT2D eigenvalue weighted by Gasteiger charge is 2.26. The summed E-state index contributed by atoms with van der Waals surface area (Å²) in [5.74, 6) is 0.0772. The molecule has 0 aliphatic carbocycles. The minimum atomic E-state index is -0.506. The fraction of sp³-hybridized carbons (Fsp3) is 0.333. The standard InChI is InChI=1S/C9H11N5O2S/c1-5-8(14(15)16)9(10)13(12-5)6(2)7-3-11-4-17-7/h3-4,6H,10H2,1-2H3. The Balaban J connectivity index is 2.47. The molecule has 17 heavy (non-hydrogen) atoms. The molecule has 0 spiro atoms. The maximum atomic E-state index is 10.8. The third kappa shape index (κ3) is 1.86. The van der Waals surface area contributed by atoms with Gasteiger partial charge in [-0.25, -0.2) is 4.68 Å². The number of anilines is 1. The van der Waals surface area contributed by atoms with Crippen molar-refractivity contribution in [2.24, 2.45) is 0 Å². The zero-order valence-corrected chi connectivity index (χ0v) is 10.1. The second-order valence-corrected chi connectivity index (χ2v) is 4.52. The summed E-state index contributed by atoms with van der Waals surface area (Å²) in [5, 5.41) is 14.9. The number of nitro groups is 1. The van der Waals surface area contributed by atoms with E-state index in [4.69, 9.17) is 5.73 Å². The molecule has 0 saturated heterocycles. The van der Waals surface area contributed by atoms with Crippen LogP contribution in [0.2, 0.25) is 0 Å². The second-order valence-electron chi connectivity index (χ2n) is 3.60. The lowest BCUT2D eigenvalue weighted by molar-refractivity contribution is -0.384. The van der Waals surface area contributed by atoms with Crippen LogP contribution in [-0.2, 0) is 0 Å². The molecule has 2 aromatic heterocycles. The molecular weight excluding hydrogens is 242 g/mol. The normalized spacial score (nSPS) is 12.6. The first-order chi connectivity index (χ1) is 8.02. The lowest BCUT2D eigenvalue weighted by atomic mass is 10.3. The third-order valence-corrected chi connectivity index (χ3v) is 3.45. The summed E-state index contributed by atoms with van der Waals surface area (Å²) in [6, 6.07) is -0.158. The summed E-state index contributed by atoms with van der Waals surface area (Å²) in [6.07, 6.45) is 1.71. The first-order valence-corrected chi connectivity index (χ1v) is 5.77. The van der Waals surface area contributed by atoms with Gasteiger partial charge in [-0.2, -0.15) is 5.10 Å². The van der Waals surface area contributed by atoms with Crippen molar-refractivity contribution in [3.8, 4) is 0 Å². The Morgan fingerprint density at radius 3 is 2.82 bits per heavy atom. The Morgan fingerprint density at radius 1 is 1.65 bits per heavy atom. The fourth-order valence-electron chi connectivity index (χ4n) is 1.63. The van der Waals surface area contributed by atoms with Gasteiger partial charge < -0.3 is 5.73 Å². The molecule has 8 heteroatoms. The van der Waals surface area contributed by atoms with E-state index < -0.39 is 4.92 Å². The molecule has 2 rings (SSSR count). The quantitative estimate of drug-likeness (QED) is 0.663. The van der Waals surface area contributed by atoms with Gasteiger partial charge in [0.15, 0.2) is 0 Å². The number of hydrogen-bond acceptors (Lipinski definition) is 6. The molecule has 2 heterocycles. The van der Waals surface area contributed by atoms with Gasteiger partial charge in [0, 0.05) is 11.1 Å². The minimum Gasteiger partial charge on any atom is -0.378 e. The predicted octanol–water partition coefficient (Wildman–Crippen LogP) is 1.75. The molecule has 2 aromatic rings. The van der Waals surface area contributed by atoms with Gasteiger partial charge in [0.2, 0.25) is 5.82 Å². The first kappa shape index (κ1) is 11.5. The fourth-order valence-corrected chi connectivity index (χ4v) is 2.29. The number of nitrogens with two attached hydrogens (primary N) is 1. The Labute approximate surface area is 101 Å². The van der Waals surface area contributed by atoms with E-state index in [0.29, 0.717) is 5.69 Å². The van der Waals surface area contributed by atoms with Crippen molar-refractivity contribution in [1.29, 1.82) is 0 Å². The SMILES string of the molecule is Cc1nn(C(C)c2cncs2)c(N)c1[N+](=O)[O-]. The summed E-state index contributed by atoms with van der Waals surface area (Å²) in [6.45, 7) is 3.45. The van der Waals surface area contributed by atoms with Gasteiger partial charge in [-0.3, -0.25) is 15.1 Å². The van der Waals surface area contributed by atoms with Gasteiger partial charge >= 0.3 is 5.69 Å². The summed E-state index contributed by atoms with van der Waals surface area (Å²) in [7, 11) is 0. The van der Waals surface area contributed by atoms with Gasteiger partial charge in [-0.05, 0) is 13.8 Å². The molecule has 0 aliphatic rings. The molecule has 0 fully saturated rings. The van der Waals surface area contributed by atoms with E-state index in [-0.39, 0.29) is 17.5 Å². The molecule has 0 aliphatic heterocycles. The molecule has 0 saturated carbocycles. The van der Waals surface area contributed by atoms with Crippen LogP contribution in [0.15, 0.2) is 11.7 Å². The Kier molecular flexibility index (Phi) is 2.80. The highest BCUT2D eigenvalue weighted by atomic mass is 32.1.